The summed E-state index contributed by atoms with van der Waals surface area (Å²) in [5.41, 5.74) is 3.59. The van der Waals surface area contributed by atoms with Gasteiger partial charge < -0.3 is 15.5 Å². The van der Waals surface area contributed by atoms with Crippen LogP contribution in [-0.4, -0.2) is 43.6 Å². The zero-order chi connectivity index (χ0) is 23.5. The molecule has 5 rings (SSSR count). The Hall–Kier alpha value is -3.17. The lowest BCUT2D eigenvalue weighted by molar-refractivity contribution is 0.194. The van der Waals surface area contributed by atoms with Crippen molar-refractivity contribution in [1.82, 2.24) is 24.5 Å². The van der Waals surface area contributed by atoms with E-state index in [9.17, 15) is 4.79 Å². The Labute approximate surface area is 210 Å². The molecule has 0 spiro atoms. The first-order valence-corrected chi connectivity index (χ1v) is 12.2. The lowest BCUT2D eigenvalue weighted by Gasteiger charge is -2.32. The van der Waals surface area contributed by atoms with Gasteiger partial charge in [0.15, 0.2) is 5.65 Å². The number of piperidine rings is 1. The summed E-state index contributed by atoms with van der Waals surface area (Å²) in [6.45, 7) is 1.96. The number of carbonyl (C=O) groups is 1. The molecule has 1 aliphatic heterocycles. The van der Waals surface area contributed by atoms with Gasteiger partial charge in [-0.05, 0) is 64.7 Å². The number of amides is 2. The number of hydrogen-bond acceptors (Lipinski definition) is 5. The standard InChI is InChI=1S/C24H23BrClN7O/c25-20-15-29-33-22(28-14-16-2-1-9-27-13-16)12-21(31-23(20)33)17-7-10-32(11-8-17)24(34)30-19-5-3-18(26)4-6-19/h1-6,9,12-13,15,17,28H,7-8,10-11,14H2,(H,30,34). The molecule has 0 aliphatic carbocycles. The van der Waals surface area contributed by atoms with Crippen molar-refractivity contribution in [3.05, 3.63) is 81.8 Å². The van der Waals surface area contributed by atoms with E-state index in [1.54, 1.807) is 41.2 Å². The monoisotopic (exact) mass is 539 g/mol. The number of hydrogen-bond donors (Lipinski definition) is 2. The lowest BCUT2D eigenvalue weighted by Crippen LogP contribution is -2.40. The summed E-state index contributed by atoms with van der Waals surface area (Å²) in [6, 6.07) is 13.1. The number of rotatable bonds is 5. The number of benzene rings is 1. The summed E-state index contributed by atoms with van der Waals surface area (Å²) in [6.07, 6.45) is 7.04. The van der Waals surface area contributed by atoms with Gasteiger partial charge in [0, 0.05) is 60.4 Å². The van der Waals surface area contributed by atoms with Crippen LogP contribution in [0.25, 0.3) is 5.65 Å². The third-order valence-corrected chi connectivity index (χ3v) is 6.75. The predicted octanol–water partition coefficient (Wildman–Crippen LogP) is 5.56. The maximum atomic E-state index is 12.7. The summed E-state index contributed by atoms with van der Waals surface area (Å²) < 4.78 is 2.65. The number of nitrogens with one attached hydrogen (secondary N) is 2. The maximum absolute atomic E-state index is 12.7. The minimum atomic E-state index is -0.0958. The molecule has 0 atom stereocenters. The molecule has 2 amide bonds. The SMILES string of the molecule is O=C(Nc1ccc(Cl)cc1)N1CCC(c2cc(NCc3cccnc3)n3ncc(Br)c3n2)CC1. The van der Waals surface area contributed by atoms with Crippen LogP contribution in [0.15, 0.2) is 65.5 Å². The summed E-state index contributed by atoms with van der Waals surface area (Å²) in [7, 11) is 0. The Bertz CT molecular complexity index is 1290. The highest BCUT2D eigenvalue weighted by atomic mass is 79.9. The molecule has 1 aromatic carbocycles. The van der Waals surface area contributed by atoms with Crippen LogP contribution in [0.5, 0.6) is 0 Å². The van der Waals surface area contributed by atoms with Crippen molar-refractivity contribution in [2.75, 3.05) is 23.7 Å². The number of pyridine rings is 1. The van der Waals surface area contributed by atoms with E-state index < -0.39 is 0 Å². The van der Waals surface area contributed by atoms with Crippen LogP contribution in [-0.2, 0) is 6.54 Å². The van der Waals surface area contributed by atoms with Crippen molar-refractivity contribution in [2.45, 2.75) is 25.3 Å². The normalized spacial score (nSPS) is 14.4. The third kappa shape index (κ3) is 5.00. The van der Waals surface area contributed by atoms with Gasteiger partial charge in [-0.2, -0.15) is 9.61 Å². The van der Waals surface area contributed by atoms with Gasteiger partial charge in [-0.15, -0.1) is 0 Å². The molecule has 34 heavy (non-hydrogen) atoms. The molecule has 4 heterocycles. The summed E-state index contributed by atoms with van der Waals surface area (Å²) in [4.78, 5) is 23.6. The van der Waals surface area contributed by atoms with Gasteiger partial charge in [0.05, 0.1) is 10.7 Å². The maximum Gasteiger partial charge on any atom is 0.321 e. The van der Waals surface area contributed by atoms with Gasteiger partial charge >= 0.3 is 6.03 Å². The minimum absolute atomic E-state index is 0.0958. The number of urea groups is 1. The van der Waals surface area contributed by atoms with Crippen molar-refractivity contribution in [3.63, 3.8) is 0 Å². The van der Waals surface area contributed by atoms with E-state index in [0.29, 0.717) is 24.7 Å². The molecular formula is C24H23BrClN7O. The first-order chi connectivity index (χ1) is 16.6. The quantitative estimate of drug-likeness (QED) is 0.346. The first kappa shape index (κ1) is 22.6. The Morgan fingerprint density at radius 2 is 1.94 bits per heavy atom. The molecule has 2 N–H and O–H groups in total. The molecule has 1 fully saturated rings. The first-order valence-electron chi connectivity index (χ1n) is 11.1. The van der Waals surface area contributed by atoms with Gasteiger partial charge in [0.1, 0.15) is 5.82 Å². The molecule has 0 bridgehead atoms. The van der Waals surface area contributed by atoms with Crippen molar-refractivity contribution in [3.8, 4) is 0 Å². The molecule has 3 aromatic heterocycles. The van der Waals surface area contributed by atoms with E-state index in [-0.39, 0.29) is 11.9 Å². The number of carbonyl (C=O) groups excluding carboxylic acids is 1. The Morgan fingerprint density at radius 1 is 1.15 bits per heavy atom. The number of likely N-dealkylation sites (tertiary alicyclic amines) is 1. The van der Waals surface area contributed by atoms with Crippen molar-refractivity contribution in [1.29, 1.82) is 0 Å². The molecule has 4 aromatic rings. The van der Waals surface area contributed by atoms with Gasteiger partial charge in [-0.25, -0.2) is 9.78 Å². The minimum Gasteiger partial charge on any atom is -0.366 e. The van der Waals surface area contributed by atoms with Crippen LogP contribution < -0.4 is 10.6 Å². The van der Waals surface area contributed by atoms with Gasteiger partial charge in [-0.1, -0.05) is 17.7 Å². The molecule has 1 aliphatic rings. The summed E-state index contributed by atoms with van der Waals surface area (Å²) >= 11 is 9.49. The predicted molar refractivity (Wildman–Crippen MR) is 136 cm³/mol. The second kappa shape index (κ2) is 9.99. The fourth-order valence-corrected chi connectivity index (χ4v) is 4.57. The molecule has 8 nitrogen and oxygen atoms in total. The van der Waals surface area contributed by atoms with Crippen LogP contribution in [0.4, 0.5) is 16.3 Å². The fraction of sp³-hybridized carbons (Fsp3) is 0.250. The van der Waals surface area contributed by atoms with Gasteiger partial charge in [0.2, 0.25) is 0 Å². The number of halogens is 2. The van der Waals surface area contributed by atoms with E-state index in [1.165, 1.54) is 0 Å². The van der Waals surface area contributed by atoms with Gasteiger partial charge in [0.25, 0.3) is 0 Å². The van der Waals surface area contributed by atoms with E-state index >= 15 is 0 Å². The van der Waals surface area contributed by atoms with Crippen molar-refractivity contribution < 1.29 is 4.79 Å². The van der Waals surface area contributed by atoms with E-state index in [4.69, 9.17) is 16.6 Å². The highest BCUT2D eigenvalue weighted by Crippen LogP contribution is 2.31. The highest BCUT2D eigenvalue weighted by Gasteiger charge is 2.26. The lowest BCUT2D eigenvalue weighted by atomic mass is 9.93. The zero-order valence-corrected chi connectivity index (χ0v) is 20.6. The molecule has 174 valence electrons. The van der Waals surface area contributed by atoms with Gasteiger partial charge in [-0.3, -0.25) is 4.98 Å². The van der Waals surface area contributed by atoms with E-state index in [0.717, 1.165) is 45.7 Å². The largest absolute Gasteiger partial charge is 0.366 e. The van der Waals surface area contributed by atoms with Crippen LogP contribution in [0.1, 0.15) is 30.0 Å². The Kier molecular flexibility index (Phi) is 6.64. The zero-order valence-electron chi connectivity index (χ0n) is 18.3. The third-order valence-electron chi connectivity index (χ3n) is 5.94. The molecule has 0 radical (unpaired) electrons. The second-order valence-electron chi connectivity index (χ2n) is 8.21. The average Bonchev–Trinajstić information content (AvgIpc) is 3.25. The highest BCUT2D eigenvalue weighted by molar-refractivity contribution is 9.10. The average molecular weight is 541 g/mol. The Morgan fingerprint density at radius 3 is 2.68 bits per heavy atom. The van der Waals surface area contributed by atoms with Crippen LogP contribution >= 0.6 is 27.5 Å². The fourth-order valence-electron chi connectivity index (χ4n) is 4.10. The van der Waals surface area contributed by atoms with E-state index in [1.807, 2.05) is 23.2 Å². The van der Waals surface area contributed by atoms with Crippen LogP contribution in [0.2, 0.25) is 5.02 Å². The Balaban J connectivity index is 1.28. The summed E-state index contributed by atoms with van der Waals surface area (Å²) in [5.74, 6) is 1.13. The smallest absolute Gasteiger partial charge is 0.321 e. The molecule has 0 unspecified atom stereocenters. The summed E-state index contributed by atoms with van der Waals surface area (Å²) in [5, 5.41) is 11.5. The molecule has 10 heteroatoms. The number of nitrogens with zero attached hydrogens (tertiary/aromatic N) is 5. The number of aromatic nitrogens is 4. The molecule has 0 saturated carbocycles. The van der Waals surface area contributed by atoms with E-state index in [2.05, 4.69) is 42.7 Å². The van der Waals surface area contributed by atoms with Crippen LogP contribution in [0, 0.1) is 0 Å². The second-order valence-corrected chi connectivity index (χ2v) is 9.50. The molecular weight excluding hydrogens is 518 g/mol. The number of anilines is 2. The topological polar surface area (TPSA) is 87.5 Å². The number of fused-ring (bicyclic) bond motifs is 1. The van der Waals surface area contributed by atoms with Crippen molar-refractivity contribution >= 4 is 50.7 Å². The van der Waals surface area contributed by atoms with Crippen molar-refractivity contribution in [2.24, 2.45) is 0 Å². The van der Waals surface area contributed by atoms with Crippen LogP contribution in [0.3, 0.4) is 0 Å². The molecule has 1 saturated heterocycles.